The molecule has 0 aromatic heterocycles. The molecule has 3 N–H and O–H groups in total. The number of rotatable bonds is 5. The number of amides is 2. The van der Waals surface area contributed by atoms with Crippen molar-refractivity contribution in [1.29, 1.82) is 0 Å². The molecule has 1 aliphatic carbocycles. The average Bonchev–Trinajstić information content (AvgIpc) is 3.20. The number of carbonyl (C=O) groups is 2. The molecule has 1 aliphatic heterocycles. The second-order valence-corrected chi connectivity index (χ2v) is 6.25. The van der Waals surface area contributed by atoms with Crippen molar-refractivity contribution >= 4 is 29.9 Å². The van der Waals surface area contributed by atoms with Crippen molar-refractivity contribution in [3.05, 3.63) is 29.8 Å². The third-order valence-electron chi connectivity index (χ3n) is 4.60. The predicted molar refractivity (Wildman–Crippen MR) is 93.1 cm³/mol. The molecule has 2 amide bonds. The Labute approximate surface area is 143 Å². The van der Waals surface area contributed by atoms with E-state index in [0.717, 1.165) is 44.3 Å². The van der Waals surface area contributed by atoms with Crippen LogP contribution < -0.4 is 16.0 Å². The van der Waals surface area contributed by atoms with Crippen LogP contribution in [0.25, 0.3) is 0 Å². The molecular formula is C17H24ClN3O2. The van der Waals surface area contributed by atoms with Crippen LogP contribution in [0, 0.1) is 0 Å². The van der Waals surface area contributed by atoms with E-state index in [9.17, 15) is 9.59 Å². The lowest BCUT2D eigenvalue weighted by Gasteiger charge is -2.26. The van der Waals surface area contributed by atoms with Gasteiger partial charge in [0.05, 0.1) is 5.54 Å². The highest BCUT2D eigenvalue weighted by molar-refractivity contribution is 5.99. The van der Waals surface area contributed by atoms with Crippen molar-refractivity contribution in [2.24, 2.45) is 0 Å². The van der Waals surface area contributed by atoms with Gasteiger partial charge in [0.25, 0.3) is 5.91 Å². The fourth-order valence-corrected chi connectivity index (χ4v) is 2.91. The van der Waals surface area contributed by atoms with E-state index in [1.54, 1.807) is 24.3 Å². The highest BCUT2D eigenvalue weighted by atomic mass is 35.5. The Morgan fingerprint density at radius 2 is 1.96 bits per heavy atom. The number of hydrogen-bond donors (Lipinski definition) is 3. The third kappa shape index (κ3) is 4.03. The van der Waals surface area contributed by atoms with Gasteiger partial charge in [-0.15, -0.1) is 12.4 Å². The average molecular weight is 338 g/mol. The van der Waals surface area contributed by atoms with Crippen LogP contribution in [-0.2, 0) is 4.79 Å². The number of benzene rings is 1. The summed E-state index contributed by atoms with van der Waals surface area (Å²) >= 11 is 0. The minimum absolute atomic E-state index is 0. The zero-order valence-corrected chi connectivity index (χ0v) is 14.2. The van der Waals surface area contributed by atoms with Crippen molar-refractivity contribution in [3.8, 4) is 0 Å². The Bertz CT molecular complexity index is 564. The van der Waals surface area contributed by atoms with E-state index in [1.807, 2.05) is 6.92 Å². The van der Waals surface area contributed by atoms with E-state index in [0.29, 0.717) is 11.6 Å². The molecule has 1 heterocycles. The Morgan fingerprint density at radius 1 is 1.26 bits per heavy atom. The fourth-order valence-electron chi connectivity index (χ4n) is 2.91. The Hall–Kier alpha value is -1.59. The molecule has 2 fully saturated rings. The number of anilines is 1. The van der Waals surface area contributed by atoms with Gasteiger partial charge in [-0.3, -0.25) is 9.59 Å². The summed E-state index contributed by atoms with van der Waals surface area (Å²) in [4.78, 5) is 24.4. The van der Waals surface area contributed by atoms with Crippen molar-refractivity contribution < 1.29 is 9.59 Å². The number of halogens is 1. The maximum Gasteiger partial charge on any atom is 0.251 e. The minimum atomic E-state index is -0.442. The minimum Gasteiger partial charge on any atom is -0.349 e. The predicted octanol–water partition coefficient (Wildman–Crippen LogP) is 2.47. The summed E-state index contributed by atoms with van der Waals surface area (Å²) in [6.07, 6.45) is 4.83. The lowest BCUT2D eigenvalue weighted by molar-refractivity contribution is -0.122. The second-order valence-electron chi connectivity index (χ2n) is 6.25. The molecule has 1 aromatic rings. The Kier molecular flexibility index (Phi) is 5.65. The summed E-state index contributed by atoms with van der Waals surface area (Å²) in [5, 5.41) is 9.24. The molecule has 0 spiro atoms. The van der Waals surface area contributed by atoms with E-state index >= 15 is 0 Å². The maximum atomic E-state index is 12.5. The van der Waals surface area contributed by atoms with E-state index in [-0.39, 0.29) is 24.2 Å². The molecule has 0 radical (unpaired) electrons. The van der Waals surface area contributed by atoms with E-state index in [4.69, 9.17) is 0 Å². The maximum absolute atomic E-state index is 12.5. The van der Waals surface area contributed by atoms with Crippen LogP contribution in [0.5, 0.6) is 0 Å². The first-order chi connectivity index (χ1) is 10.6. The van der Waals surface area contributed by atoms with Crippen LogP contribution in [0.4, 0.5) is 5.69 Å². The largest absolute Gasteiger partial charge is 0.349 e. The summed E-state index contributed by atoms with van der Waals surface area (Å²) in [5.74, 6) is -0.0226. The fraction of sp³-hybridized carbons (Fsp3) is 0.529. The molecule has 1 aromatic carbocycles. The highest BCUT2D eigenvalue weighted by Gasteiger charge is 2.39. The van der Waals surface area contributed by atoms with Crippen molar-refractivity contribution in [3.63, 3.8) is 0 Å². The monoisotopic (exact) mass is 337 g/mol. The molecule has 1 saturated heterocycles. The van der Waals surface area contributed by atoms with Crippen molar-refractivity contribution in [2.45, 2.75) is 50.6 Å². The number of hydrogen-bond acceptors (Lipinski definition) is 3. The van der Waals surface area contributed by atoms with Gasteiger partial charge in [-0.05, 0) is 62.9 Å². The van der Waals surface area contributed by atoms with E-state index < -0.39 is 5.54 Å². The molecule has 5 nitrogen and oxygen atoms in total. The molecule has 23 heavy (non-hydrogen) atoms. The van der Waals surface area contributed by atoms with Crippen LogP contribution in [0.2, 0.25) is 0 Å². The summed E-state index contributed by atoms with van der Waals surface area (Å²) < 4.78 is 0. The topological polar surface area (TPSA) is 70.2 Å². The van der Waals surface area contributed by atoms with E-state index in [1.165, 1.54) is 0 Å². The first kappa shape index (κ1) is 17.8. The summed E-state index contributed by atoms with van der Waals surface area (Å²) in [7, 11) is 0. The molecular weight excluding hydrogens is 314 g/mol. The molecule has 3 rings (SSSR count). The van der Waals surface area contributed by atoms with Gasteiger partial charge in [0, 0.05) is 17.3 Å². The second kappa shape index (κ2) is 7.32. The third-order valence-corrected chi connectivity index (χ3v) is 4.60. The molecule has 1 saturated carbocycles. The molecule has 2 aliphatic rings. The van der Waals surface area contributed by atoms with Crippen LogP contribution >= 0.6 is 12.4 Å². The lowest BCUT2D eigenvalue weighted by Crippen LogP contribution is -2.50. The van der Waals surface area contributed by atoms with Crippen molar-refractivity contribution in [1.82, 2.24) is 10.6 Å². The van der Waals surface area contributed by atoms with Gasteiger partial charge < -0.3 is 16.0 Å². The lowest BCUT2D eigenvalue weighted by atomic mass is 9.93. The molecule has 1 unspecified atom stereocenters. The zero-order valence-electron chi connectivity index (χ0n) is 13.4. The summed E-state index contributed by atoms with van der Waals surface area (Å²) in [6.45, 7) is 2.92. The summed E-state index contributed by atoms with van der Waals surface area (Å²) in [6, 6.07) is 7.45. The molecule has 1 atom stereocenters. The standard InChI is InChI=1S/C17H23N3O2.ClH/c1-2-17(10-3-11-18-17)16(22)20-14-6-4-12(5-7-14)15(21)19-13-8-9-13;/h4-7,13,18H,2-3,8-11H2,1H3,(H,19,21)(H,20,22);1H. The van der Waals surface area contributed by atoms with E-state index in [2.05, 4.69) is 16.0 Å². The SMILES string of the molecule is CCC1(C(=O)Nc2ccc(C(=O)NC3CC3)cc2)CCCN1.Cl. The quantitative estimate of drug-likeness (QED) is 0.773. The molecule has 6 heteroatoms. The van der Waals surface area contributed by atoms with Gasteiger partial charge in [0.2, 0.25) is 5.91 Å². The highest BCUT2D eigenvalue weighted by Crippen LogP contribution is 2.25. The van der Waals surface area contributed by atoms with Gasteiger partial charge in [-0.2, -0.15) is 0 Å². The van der Waals surface area contributed by atoms with Crippen LogP contribution in [-0.4, -0.2) is 29.9 Å². The molecule has 126 valence electrons. The van der Waals surface area contributed by atoms with Gasteiger partial charge in [0.15, 0.2) is 0 Å². The van der Waals surface area contributed by atoms with Gasteiger partial charge in [-0.1, -0.05) is 6.92 Å². The number of carbonyl (C=O) groups excluding carboxylic acids is 2. The Morgan fingerprint density at radius 3 is 2.48 bits per heavy atom. The van der Waals surface area contributed by atoms with Crippen LogP contribution in [0.1, 0.15) is 49.4 Å². The number of nitrogens with one attached hydrogen (secondary N) is 3. The smallest absolute Gasteiger partial charge is 0.251 e. The van der Waals surface area contributed by atoms with Crippen LogP contribution in [0.3, 0.4) is 0 Å². The first-order valence-electron chi connectivity index (χ1n) is 8.10. The van der Waals surface area contributed by atoms with Gasteiger partial charge in [-0.25, -0.2) is 0 Å². The zero-order chi connectivity index (χ0) is 15.6. The van der Waals surface area contributed by atoms with Gasteiger partial charge >= 0.3 is 0 Å². The first-order valence-corrected chi connectivity index (χ1v) is 8.10. The molecule has 0 bridgehead atoms. The van der Waals surface area contributed by atoms with Gasteiger partial charge in [0.1, 0.15) is 0 Å². The van der Waals surface area contributed by atoms with Crippen LogP contribution in [0.15, 0.2) is 24.3 Å². The normalized spacial score (nSPS) is 23.0. The van der Waals surface area contributed by atoms with Crippen molar-refractivity contribution in [2.75, 3.05) is 11.9 Å². The Balaban J connectivity index is 0.00000192. The summed E-state index contributed by atoms with van der Waals surface area (Å²) in [5.41, 5.74) is 0.922.